The number of anilines is 1. The van der Waals surface area contributed by atoms with Crippen LogP contribution in [-0.4, -0.2) is 0 Å². The van der Waals surface area contributed by atoms with E-state index in [1.807, 2.05) is 0 Å². The number of hydrogen-bond acceptors (Lipinski definition) is 1. The summed E-state index contributed by atoms with van der Waals surface area (Å²) in [6.45, 7) is 4.66. The average Bonchev–Trinajstić information content (AvgIpc) is 2.38. The van der Waals surface area contributed by atoms with E-state index in [4.69, 9.17) is 34.8 Å². The minimum atomic E-state index is 0.506. The Labute approximate surface area is 128 Å². The number of hydrogen-bond donors (Lipinski definition) is 1. The molecule has 0 atom stereocenters. The van der Waals surface area contributed by atoms with Crippen LogP contribution in [0.1, 0.15) is 16.7 Å². The fourth-order valence-electron chi connectivity index (χ4n) is 1.84. The fraction of sp³-hybridized carbons (Fsp3) is 0.200. The molecule has 2 aromatic rings. The molecule has 0 heterocycles. The molecule has 0 saturated heterocycles. The molecule has 1 N–H and O–H groups in total. The highest BCUT2D eigenvalue weighted by molar-refractivity contribution is 6.44. The normalized spacial score (nSPS) is 10.6. The fourth-order valence-corrected chi connectivity index (χ4v) is 2.52. The average molecular weight is 315 g/mol. The molecular formula is C15H14Cl3N. The van der Waals surface area contributed by atoms with Gasteiger partial charge in [-0.15, -0.1) is 0 Å². The molecule has 2 rings (SSSR count). The van der Waals surface area contributed by atoms with Crippen molar-refractivity contribution in [2.75, 3.05) is 5.32 Å². The van der Waals surface area contributed by atoms with Gasteiger partial charge in [0.2, 0.25) is 0 Å². The number of benzene rings is 2. The summed E-state index contributed by atoms with van der Waals surface area (Å²) in [5.74, 6) is 0. The van der Waals surface area contributed by atoms with Crippen LogP contribution in [0.15, 0.2) is 30.3 Å². The molecule has 0 saturated carbocycles. The predicted molar refractivity (Wildman–Crippen MR) is 84.7 cm³/mol. The molecule has 0 aliphatic rings. The molecule has 19 heavy (non-hydrogen) atoms. The molecule has 100 valence electrons. The Kier molecular flexibility index (Phi) is 4.62. The van der Waals surface area contributed by atoms with E-state index in [0.717, 1.165) is 11.3 Å². The first-order valence-corrected chi connectivity index (χ1v) is 7.06. The van der Waals surface area contributed by atoms with Crippen molar-refractivity contribution in [1.82, 2.24) is 0 Å². The minimum Gasteiger partial charge on any atom is -0.381 e. The Bertz CT molecular complexity index is 609. The van der Waals surface area contributed by atoms with Crippen LogP contribution < -0.4 is 5.32 Å². The first-order valence-electron chi connectivity index (χ1n) is 5.92. The Morgan fingerprint density at radius 2 is 1.63 bits per heavy atom. The van der Waals surface area contributed by atoms with Crippen molar-refractivity contribution in [2.45, 2.75) is 20.4 Å². The molecule has 0 aromatic heterocycles. The summed E-state index contributed by atoms with van der Waals surface area (Å²) in [7, 11) is 0. The van der Waals surface area contributed by atoms with E-state index in [1.165, 1.54) is 11.1 Å². The van der Waals surface area contributed by atoms with Gasteiger partial charge in [0, 0.05) is 22.8 Å². The smallest absolute Gasteiger partial charge is 0.0657 e. The second kappa shape index (κ2) is 6.04. The van der Waals surface area contributed by atoms with Crippen LogP contribution in [0.5, 0.6) is 0 Å². The van der Waals surface area contributed by atoms with Crippen molar-refractivity contribution >= 4 is 40.5 Å². The zero-order chi connectivity index (χ0) is 14.0. The van der Waals surface area contributed by atoms with Gasteiger partial charge in [0.25, 0.3) is 0 Å². The van der Waals surface area contributed by atoms with Gasteiger partial charge < -0.3 is 5.32 Å². The van der Waals surface area contributed by atoms with E-state index in [2.05, 4.69) is 37.4 Å². The standard InChI is InChI=1S/C15H14Cl3N/c1-9-3-4-10(2)14(7-9)19-8-11-12(16)5-6-13(17)15(11)18/h3-7,19H,8H2,1-2H3. The molecule has 0 radical (unpaired) electrons. The third-order valence-corrected chi connectivity index (χ3v) is 4.19. The van der Waals surface area contributed by atoms with Crippen LogP contribution in [0.3, 0.4) is 0 Å². The summed E-state index contributed by atoms with van der Waals surface area (Å²) in [5.41, 5.74) is 4.28. The molecule has 0 fully saturated rings. The van der Waals surface area contributed by atoms with Gasteiger partial charge in [-0.25, -0.2) is 0 Å². The van der Waals surface area contributed by atoms with E-state index >= 15 is 0 Å². The van der Waals surface area contributed by atoms with Gasteiger partial charge in [0.15, 0.2) is 0 Å². The second-order valence-electron chi connectivity index (χ2n) is 4.49. The van der Waals surface area contributed by atoms with Crippen molar-refractivity contribution in [1.29, 1.82) is 0 Å². The van der Waals surface area contributed by atoms with Crippen molar-refractivity contribution in [3.63, 3.8) is 0 Å². The number of rotatable bonds is 3. The van der Waals surface area contributed by atoms with Crippen molar-refractivity contribution in [3.8, 4) is 0 Å². The maximum Gasteiger partial charge on any atom is 0.0657 e. The summed E-state index contributed by atoms with van der Waals surface area (Å²) in [4.78, 5) is 0. The Hall–Kier alpha value is -0.890. The quantitative estimate of drug-likeness (QED) is 0.698. The molecule has 2 aromatic carbocycles. The Morgan fingerprint density at radius 1 is 0.947 bits per heavy atom. The maximum atomic E-state index is 6.18. The van der Waals surface area contributed by atoms with E-state index in [1.54, 1.807) is 12.1 Å². The summed E-state index contributed by atoms with van der Waals surface area (Å²) >= 11 is 18.3. The van der Waals surface area contributed by atoms with Gasteiger partial charge in [0.05, 0.1) is 10.0 Å². The topological polar surface area (TPSA) is 12.0 Å². The first-order chi connectivity index (χ1) is 8.99. The number of nitrogens with one attached hydrogen (secondary N) is 1. The van der Waals surface area contributed by atoms with Crippen LogP contribution in [0, 0.1) is 13.8 Å². The van der Waals surface area contributed by atoms with Crippen LogP contribution in [0.4, 0.5) is 5.69 Å². The summed E-state index contributed by atoms with van der Waals surface area (Å²) < 4.78 is 0. The summed E-state index contributed by atoms with van der Waals surface area (Å²) in [5, 5.41) is 4.99. The lowest BCUT2D eigenvalue weighted by Gasteiger charge is -2.13. The highest BCUT2D eigenvalue weighted by Gasteiger charge is 2.09. The van der Waals surface area contributed by atoms with Crippen LogP contribution in [0.2, 0.25) is 15.1 Å². The van der Waals surface area contributed by atoms with Gasteiger partial charge in [-0.05, 0) is 43.2 Å². The third kappa shape index (κ3) is 3.36. The first kappa shape index (κ1) is 14.5. The zero-order valence-electron chi connectivity index (χ0n) is 10.7. The zero-order valence-corrected chi connectivity index (χ0v) is 13.0. The lowest BCUT2D eigenvalue weighted by molar-refractivity contribution is 1.14. The van der Waals surface area contributed by atoms with E-state index < -0.39 is 0 Å². The summed E-state index contributed by atoms with van der Waals surface area (Å²) in [6, 6.07) is 9.73. The van der Waals surface area contributed by atoms with Crippen molar-refractivity contribution < 1.29 is 0 Å². The van der Waals surface area contributed by atoms with Gasteiger partial charge in [-0.3, -0.25) is 0 Å². The highest BCUT2D eigenvalue weighted by Crippen LogP contribution is 2.32. The molecule has 0 aliphatic carbocycles. The Balaban J connectivity index is 2.24. The maximum absolute atomic E-state index is 6.18. The lowest BCUT2D eigenvalue weighted by Crippen LogP contribution is -2.03. The van der Waals surface area contributed by atoms with Crippen LogP contribution in [0.25, 0.3) is 0 Å². The van der Waals surface area contributed by atoms with Gasteiger partial charge >= 0.3 is 0 Å². The third-order valence-electron chi connectivity index (χ3n) is 2.99. The SMILES string of the molecule is Cc1ccc(C)c(NCc2c(Cl)ccc(Cl)c2Cl)c1. The molecular weight excluding hydrogens is 301 g/mol. The largest absolute Gasteiger partial charge is 0.381 e. The summed E-state index contributed by atoms with van der Waals surface area (Å²) in [6.07, 6.45) is 0. The van der Waals surface area contributed by atoms with Crippen LogP contribution in [-0.2, 0) is 6.54 Å². The lowest BCUT2D eigenvalue weighted by atomic mass is 10.1. The van der Waals surface area contributed by atoms with Crippen LogP contribution >= 0.6 is 34.8 Å². The molecule has 0 spiro atoms. The van der Waals surface area contributed by atoms with Gasteiger partial charge in [-0.1, -0.05) is 46.9 Å². The van der Waals surface area contributed by atoms with Crippen molar-refractivity contribution in [3.05, 3.63) is 62.1 Å². The Morgan fingerprint density at radius 3 is 2.37 bits per heavy atom. The van der Waals surface area contributed by atoms with E-state index in [9.17, 15) is 0 Å². The van der Waals surface area contributed by atoms with Crippen molar-refractivity contribution in [2.24, 2.45) is 0 Å². The molecule has 4 heteroatoms. The highest BCUT2D eigenvalue weighted by atomic mass is 35.5. The van der Waals surface area contributed by atoms with Gasteiger partial charge in [0.1, 0.15) is 0 Å². The molecule has 0 amide bonds. The second-order valence-corrected chi connectivity index (χ2v) is 5.69. The monoisotopic (exact) mass is 313 g/mol. The van der Waals surface area contributed by atoms with E-state index in [-0.39, 0.29) is 0 Å². The molecule has 0 aliphatic heterocycles. The predicted octanol–water partition coefficient (Wildman–Crippen LogP) is 5.88. The molecule has 1 nitrogen and oxygen atoms in total. The minimum absolute atomic E-state index is 0.506. The number of aryl methyl sites for hydroxylation is 2. The molecule has 0 bridgehead atoms. The molecule has 0 unspecified atom stereocenters. The van der Waals surface area contributed by atoms with Gasteiger partial charge in [-0.2, -0.15) is 0 Å². The number of halogens is 3. The van der Waals surface area contributed by atoms with E-state index in [0.29, 0.717) is 21.6 Å².